The Morgan fingerprint density at radius 3 is 2.42 bits per heavy atom. The third kappa shape index (κ3) is 4.29. The maximum Gasteiger partial charge on any atom is 0.262 e. The van der Waals surface area contributed by atoms with Crippen LogP contribution < -0.4 is 10.1 Å². The SMILES string of the molecule is C[C@@](O)(C(=O)Nc1ccc(C#N)c(Cl)c1)C(O)Oc1ccc(C#N)cc1. The highest BCUT2D eigenvalue weighted by Gasteiger charge is 2.40. The van der Waals surface area contributed by atoms with Crippen molar-refractivity contribution < 1.29 is 19.7 Å². The van der Waals surface area contributed by atoms with E-state index in [-0.39, 0.29) is 22.0 Å². The second kappa shape index (κ2) is 7.85. The van der Waals surface area contributed by atoms with Gasteiger partial charge in [0, 0.05) is 5.69 Å². The normalized spacial score (nSPS) is 13.6. The number of ether oxygens (including phenoxy) is 1. The smallest absolute Gasteiger partial charge is 0.262 e. The summed E-state index contributed by atoms with van der Waals surface area (Å²) in [4.78, 5) is 12.3. The maximum atomic E-state index is 12.3. The molecule has 2 atom stereocenters. The van der Waals surface area contributed by atoms with E-state index in [0.717, 1.165) is 6.92 Å². The summed E-state index contributed by atoms with van der Waals surface area (Å²) >= 11 is 5.89. The Labute approximate surface area is 154 Å². The third-order valence-electron chi connectivity index (χ3n) is 3.52. The summed E-state index contributed by atoms with van der Waals surface area (Å²) in [5, 5.41) is 40.5. The second-order valence-electron chi connectivity index (χ2n) is 5.51. The molecule has 0 aliphatic heterocycles. The molecule has 7 nitrogen and oxygen atoms in total. The van der Waals surface area contributed by atoms with Crippen LogP contribution in [0.1, 0.15) is 18.1 Å². The molecule has 2 rings (SSSR count). The number of carbonyl (C=O) groups is 1. The zero-order valence-electron chi connectivity index (χ0n) is 13.6. The first-order valence-electron chi connectivity index (χ1n) is 7.36. The molecule has 0 radical (unpaired) electrons. The Hall–Kier alpha value is -3.10. The zero-order chi connectivity index (χ0) is 19.3. The molecular weight excluding hydrogens is 358 g/mol. The number of anilines is 1. The Morgan fingerprint density at radius 1 is 1.23 bits per heavy atom. The molecule has 1 unspecified atom stereocenters. The van der Waals surface area contributed by atoms with Crippen LogP contribution in [-0.2, 0) is 4.79 Å². The molecule has 2 aromatic carbocycles. The topological polar surface area (TPSA) is 126 Å². The van der Waals surface area contributed by atoms with Gasteiger partial charge in [0.05, 0.1) is 22.2 Å². The first kappa shape index (κ1) is 19.2. The van der Waals surface area contributed by atoms with Gasteiger partial charge in [0.2, 0.25) is 11.9 Å². The average Bonchev–Trinajstić information content (AvgIpc) is 2.62. The standard InChI is InChI=1S/C18H14ClN3O4/c1-18(25,17(24)26-14-6-2-11(9-20)3-7-14)16(23)22-13-5-4-12(10-21)15(19)8-13/h2-8,17,24-25H,1H3,(H,22,23)/t17?,18-/m1/s1. The molecule has 0 fully saturated rings. The van der Waals surface area contributed by atoms with E-state index in [2.05, 4.69) is 5.32 Å². The fourth-order valence-corrected chi connectivity index (χ4v) is 2.13. The Kier molecular flexibility index (Phi) is 5.81. The summed E-state index contributed by atoms with van der Waals surface area (Å²) in [5.74, 6) is -0.759. The van der Waals surface area contributed by atoms with Gasteiger partial charge in [-0.25, -0.2) is 0 Å². The van der Waals surface area contributed by atoms with Crippen molar-refractivity contribution in [2.24, 2.45) is 0 Å². The highest BCUT2D eigenvalue weighted by Crippen LogP contribution is 2.23. The molecular formula is C18H14ClN3O4. The number of hydrogen-bond donors (Lipinski definition) is 3. The molecule has 2 aromatic rings. The number of nitrogens with one attached hydrogen (secondary N) is 1. The number of aliphatic hydroxyl groups is 2. The van der Waals surface area contributed by atoms with Gasteiger partial charge in [0.15, 0.2) is 0 Å². The largest absolute Gasteiger partial charge is 0.461 e. The number of rotatable bonds is 5. The van der Waals surface area contributed by atoms with E-state index in [1.165, 1.54) is 42.5 Å². The second-order valence-corrected chi connectivity index (χ2v) is 5.92. The minimum Gasteiger partial charge on any atom is -0.461 e. The molecule has 0 aliphatic rings. The van der Waals surface area contributed by atoms with Crippen LogP contribution >= 0.6 is 11.6 Å². The van der Waals surface area contributed by atoms with E-state index >= 15 is 0 Å². The number of hydrogen-bond acceptors (Lipinski definition) is 6. The predicted octanol–water partition coefficient (Wildman–Crippen LogP) is 2.17. The number of halogens is 1. The molecule has 8 heteroatoms. The lowest BCUT2D eigenvalue weighted by molar-refractivity contribution is -0.174. The van der Waals surface area contributed by atoms with Crippen LogP contribution in [0, 0.1) is 22.7 Å². The van der Waals surface area contributed by atoms with Crippen LogP contribution in [-0.4, -0.2) is 28.0 Å². The Morgan fingerprint density at radius 2 is 1.88 bits per heavy atom. The van der Waals surface area contributed by atoms with Gasteiger partial charge in [-0.3, -0.25) is 4.79 Å². The van der Waals surface area contributed by atoms with E-state index in [4.69, 9.17) is 26.9 Å². The van der Waals surface area contributed by atoms with E-state index in [1.54, 1.807) is 0 Å². The molecule has 0 bridgehead atoms. The highest BCUT2D eigenvalue weighted by atomic mass is 35.5. The van der Waals surface area contributed by atoms with Crippen molar-refractivity contribution in [3.05, 3.63) is 58.6 Å². The van der Waals surface area contributed by atoms with Crippen LogP contribution in [0.25, 0.3) is 0 Å². The van der Waals surface area contributed by atoms with Gasteiger partial charge in [0.25, 0.3) is 5.91 Å². The minimum absolute atomic E-state index is 0.138. The van der Waals surface area contributed by atoms with Gasteiger partial charge in [0.1, 0.15) is 11.8 Å². The molecule has 132 valence electrons. The van der Waals surface area contributed by atoms with Crippen molar-refractivity contribution in [1.82, 2.24) is 0 Å². The minimum atomic E-state index is -2.28. The zero-order valence-corrected chi connectivity index (χ0v) is 14.4. The lowest BCUT2D eigenvalue weighted by Gasteiger charge is -2.28. The molecule has 0 saturated heterocycles. The van der Waals surface area contributed by atoms with Gasteiger partial charge >= 0.3 is 0 Å². The molecule has 26 heavy (non-hydrogen) atoms. The predicted molar refractivity (Wildman–Crippen MR) is 93.2 cm³/mol. The van der Waals surface area contributed by atoms with Gasteiger partial charge in [-0.1, -0.05) is 11.6 Å². The van der Waals surface area contributed by atoms with Crippen molar-refractivity contribution in [2.45, 2.75) is 18.8 Å². The summed E-state index contributed by atoms with van der Waals surface area (Å²) in [6.07, 6.45) is -1.87. The fraction of sp³-hybridized carbons (Fsp3) is 0.167. The summed E-state index contributed by atoms with van der Waals surface area (Å²) in [5.41, 5.74) is -1.41. The van der Waals surface area contributed by atoms with Crippen LogP contribution in [0.2, 0.25) is 5.02 Å². The highest BCUT2D eigenvalue weighted by molar-refractivity contribution is 6.32. The van der Waals surface area contributed by atoms with Crippen LogP contribution in [0.15, 0.2) is 42.5 Å². The molecule has 0 aromatic heterocycles. The van der Waals surface area contributed by atoms with Gasteiger partial charge in [-0.2, -0.15) is 10.5 Å². The lowest BCUT2D eigenvalue weighted by Crippen LogP contribution is -2.52. The fourth-order valence-electron chi connectivity index (χ4n) is 1.90. The Balaban J connectivity index is 2.09. The third-order valence-corrected chi connectivity index (χ3v) is 3.83. The van der Waals surface area contributed by atoms with E-state index in [1.807, 2.05) is 12.1 Å². The van der Waals surface area contributed by atoms with Crippen molar-refractivity contribution in [3.63, 3.8) is 0 Å². The maximum absolute atomic E-state index is 12.3. The van der Waals surface area contributed by atoms with Crippen molar-refractivity contribution >= 4 is 23.2 Å². The number of carbonyl (C=O) groups excluding carboxylic acids is 1. The molecule has 0 saturated carbocycles. The monoisotopic (exact) mass is 371 g/mol. The van der Waals surface area contributed by atoms with Crippen LogP contribution in [0.4, 0.5) is 5.69 Å². The first-order chi connectivity index (χ1) is 12.3. The van der Waals surface area contributed by atoms with Crippen molar-refractivity contribution in [2.75, 3.05) is 5.32 Å². The molecule has 0 heterocycles. The molecule has 0 spiro atoms. The van der Waals surface area contributed by atoms with E-state index < -0.39 is 17.8 Å². The van der Waals surface area contributed by atoms with Crippen molar-refractivity contribution in [3.8, 4) is 17.9 Å². The van der Waals surface area contributed by atoms with Crippen LogP contribution in [0.3, 0.4) is 0 Å². The number of aliphatic hydroxyl groups excluding tert-OH is 1. The number of nitrogens with zero attached hydrogens (tertiary/aromatic N) is 2. The number of benzene rings is 2. The average molecular weight is 372 g/mol. The lowest BCUT2D eigenvalue weighted by atomic mass is 10.1. The van der Waals surface area contributed by atoms with E-state index in [0.29, 0.717) is 5.56 Å². The van der Waals surface area contributed by atoms with E-state index in [9.17, 15) is 15.0 Å². The summed E-state index contributed by atoms with van der Waals surface area (Å²) in [6.45, 7) is 1.09. The Bertz CT molecular complexity index is 898. The quantitative estimate of drug-likeness (QED) is 0.691. The number of amides is 1. The van der Waals surface area contributed by atoms with Gasteiger partial charge in [-0.15, -0.1) is 0 Å². The van der Waals surface area contributed by atoms with Gasteiger partial charge in [-0.05, 0) is 49.4 Å². The summed E-state index contributed by atoms with van der Waals surface area (Å²) in [7, 11) is 0. The summed E-state index contributed by atoms with van der Waals surface area (Å²) in [6, 6.07) is 13.8. The van der Waals surface area contributed by atoms with Gasteiger partial charge < -0.3 is 20.3 Å². The number of nitriles is 2. The first-order valence-corrected chi connectivity index (χ1v) is 7.74. The summed E-state index contributed by atoms with van der Waals surface area (Å²) < 4.78 is 5.16. The molecule has 0 aliphatic carbocycles. The molecule has 3 N–H and O–H groups in total. The van der Waals surface area contributed by atoms with Crippen LogP contribution in [0.5, 0.6) is 5.75 Å². The molecule has 1 amide bonds. The van der Waals surface area contributed by atoms with Crippen molar-refractivity contribution in [1.29, 1.82) is 10.5 Å².